The summed E-state index contributed by atoms with van der Waals surface area (Å²) in [6.45, 7) is 0. The number of rotatable bonds is 0. The third kappa shape index (κ3) is 0.596. The lowest BCUT2D eigenvalue weighted by atomic mass is 9.95. The average molecular weight is 157 g/mol. The Morgan fingerprint density at radius 3 is 2.83 bits per heavy atom. The minimum atomic E-state index is 0.617. The standard InChI is InChI=1S/C11H11N/c12-10-3-1-2-9-7-4-5-8(6-7)11(9)10/h1-5,7-8H,6,12H2/t7-,8-/m1/s1. The molecule has 0 aliphatic heterocycles. The number of nitrogens with two attached hydrogens (primary N) is 1. The Kier molecular flexibility index (Phi) is 1.01. The van der Waals surface area contributed by atoms with Gasteiger partial charge in [-0.3, -0.25) is 0 Å². The zero-order valence-electron chi connectivity index (χ0n) is 6.83. The Morgan fingerprint density at radius 1 is 1.17 bits per heavy atom. The highest BCUT2D eigenvalue weighted by Gasteiger charge is 2.33. The molecule has 0 amide bonds. The summed E-state index contributed by atoms with van der Waals surface area (Å²) in [5.74, 6) is 1.28. The average Bonchev–Trinajstić information content (AvgIpc) is 2.64. The van der Waals surface area contributed by atoms with E-state index in [-0.39, 0.29) is 0 Å². The van der Waals surface area contributed by atoms with Gasteiger partial charge in [-0.15, -0.1) is 0 Å². The van der Waals surface area contributed by atoms with Gasteiger partial charge in [0.2, 0.25) is 0 Å². The first-order valence-electron chi connectivity index (χ1n) is 4.43. The summed E-state index contributed by atoms with van der Waals surface area (Å²) in [6, 6.07) is 6.27. The third-order valence-electron chi connectivity index (χ3n) is 3.03. The van der Waals surface area contributed by atoms with E-state index in [1.165, 1.54) is 17.5 Å². The van der Waals surface area contributed by atoms with E-state index < -0.39 is 0 Å². The molecule has 2 aliphatic carbocycles. The summed E-state index contributed by atoms with van der Waals surface area (Å²) in [7, 11) is 0. The van der Waals surface area contributed by atoms with E-state index in [1.807, 2.05) is 6.07 Å². The maximum atomic E-state index is 5.92. The van der Waals surface area contributed by atoms with Crippen LogP contribution in [-0.2, 0) is 0 Å². The highest BCUT2D eigenvalue weighted by Crippen LogP contribution is 2.50. The molecule has 2 aliphatic rings. The number of benzene rings is 1. The molecule has 0 radical (unpaired) electrons. The molecule has 0 fully saturated rings. The zero-order valence-corrected chi connectivity index (χ0v) is 6.83. The molecular formula is C11H11N. The topological polar surface area (TPSA) is 26.0 Å². The smallest absolute Gasteiger partial charge is 0.0355 e. The fourth-order valence-corrected chi connectivity index (χ4v) is 2.50. The molecule has 1 aromatic carbocycles. The molecule has 0 heterocycles. The van der Waals surface area contributed by atoms with Gasteiger partial charge < -0.3 is 5.73 Å². The number of hydrogen-bond donors (Lipinski definition) is 1. The van der Waals surface area contributed by atoms with E-state index in [2.05, 4.69) is 24.3 Å². The number of anilines is 1. The maximum absolute atomic E-state index is 5.92. The minimum Gasteiger partial charge on any atom is -0.398 e. The molecule has 1 heteroatoms. The quantitative estimate of drug-likeness (QED) is 0.454. The van der Waals surface area contributed by atoms with Crippen molar-refractivity contribution < 1.29 is 0 Å². The Labute approximate surface area is 71.9 Å². The van der Waals surface area contributed by atoms with Crippen molar-refractivity contribution in [1.82, 2.24) is 0 Å². The largest absolute Gasteiger partial charge is 0.398 e. The first-order chi connectivity index (χ1) is 5.86. The fraction of sp³-hybridized carbons (Fsp3) is 0.273. The van der Waals surface area contributed by atoms with E-state index in [0.717, 1.165) is 5.69 Å². The molecule has 0 aromatic heterocycles. The van der Waals surface area contributed by atoms with E-state index in [1.54, 1.807) is 0 Å². The van der Waals surface area contributed by atoms with Crippen molar-refractivity contribution in [3.8, 4) is 0 Å². The molecule has 2 bridgehead atoms. The normalized spacial score (nSPS) is 29.3. The van der Waals surface area contributed by atoms with E-state index >= 15 is 0 Å². The predicted octanol–water partition coefficient (Wildman–Crippen LogP) is 2.41. The first kappa shape index (κ1) is 6.30. The van der Waals surface area contributed by atoms with Crippen molar-refractivity contribution in [2.75, 3.05) is 5.73 Å². The van der Waals surface area contributed by atoms with Crippen molar-refractivity contribution in [2.45, 2.75) is 18.3 Å². The number of nitrogen functional groups attached to an aromatic ring is 1. The van der Waals surface area contributed by atoms with E-state index in [9.17, 15) is 0 Å². The van der Waals surface area contributed by atoms with Gasteiger partial charge in [0.25, 0.3) is 0 Å². The van der Waals surface area contributed by atoms with Gasteiger partial charge in [-0.05, 0) is 23.6 Å². The summed E-state index contributed by atoms with van der Waals surface area (Å²) < 4.78 is 0. The lowest BCUT2D eigenvalue weighted by Gasteiger charge is -2.11. The van der Waals surface area contributed by atoms with Gasteiger partial charge in [0.1, 0.15) is 0 Å². The Balaban J connectivity index is 2.30. The van der Waals surface area contributed by atoms with Gasteiger partial charge in [0.05, 0.1) is 0 Å². The Hall–Kier alpha value is -1.24. The number of allylic oxidation sites excluding steroid dienone is 2. The lowest BCUT2D eigenvalue weighted by molar-refractivity contribution is 0.805. The van der Waals surface area contributed by atoms with Crippen molar-refractivity contribution >= 4 is 5.69 Å². The van der Waals surface area contributed by atoms with Crippen LogP contribution in [0, 0.1) is 0 Å². The highest BCUT2D eigenvalue weighted by molar-refractivity contribution is 5.60. The Bertz CT molecular complexity index is 365. The molecule has 2 N–H and O–H groups in total. The van der Waals surface area contributed by atoms with Crippen LogP contribution in [0.5, 0.6) is 0 Å². The van der Waals surface area contributed by atoms with Crippen LogP contribution in [0.25, 0.3) is 0 Å². The molecule has 0 saturated heterocycles. The molecule has 1 nitrogen and oxygen atoms in total. The molecule has 12 heavy (non-hydrogen) atoms. The number of fused-ring (bicyclic) bond motifs is 5. The van der Waals surface area contributed by atoms with Crippen molar-refractivity contribution in [2.24, 2.45) is 0 Å². The second kappa shape index (κ2) is 1.92. The highest BCUT2D eigenvalue weighted by atomic mass is 14.6. The molecular weight excluding hydrogens is 146 g/mol. The van der Waals surface area contributed by atoms with Crippen LogP contribution in [0.3, 0.4) is 0 Å². The lowest BCUT2D eigenvalue weighted by Crippen LogP contribution is -1.98. The van der Waals surface area contributed by atoms with Crippen LogP contribution in [0.2, 0.25) is 0 Å². The molecule has 2 atom stereocenters. The second-order valence-corrected chi connectivity index (χ2v) is 3.68. The van der Waals surface area contributed by atoms with Crippen LogP contribution >= 0.6 is 0 Å². The van der Waals surface area contributed by atoms with Crippen molar-refractivity contribution in [3.63, 3.8) is 0 Å². The van der Waals surface area contributed by atoms with Crippen LogP contribution in [0.15, 0.2) is 30.4 Å². The maximum Gasteiger partial charge on any atom is 0.0355 e. The van der Waals surface area contributed by atoms with E-state index in [0.29, 0.717) is 11.8 Å². The fourth-order valence-electron chi connectivity index (χ4n) is 2.50. The summed E-state index contributed by atoms with van der Waals surface area (Å²) in [4.78, 5) is 0. The van der Waals surface area contributed by atoms with Crippen LogP contribution < -0.4 is 5.73 Å². The SMILES string of the molecule is Nc1cccc2c1[C@@H]1C=C[C@@H]2C1. The molecule has 60 valence electrons. The van der Waals surface area contributed by atoms with Gasteiger partial charge in [0, 0.05) is 17.5 Å². The minimum absolute atomic E-state index is 0.617. The predicted molar refractivity (Wildman–Crippen MR) is 50.1 cm³/mol. The summed E-state index contributed by atoms with van der Waals surface area (Å²) in [5.41, 5.74) is 9.75. The molecule has 0 unspecified atom stereocenters. The Morgan fingerprint density at radius 2 is 2.00 bits per heavy atom. The monoisotopic (exact) mass is 157 g/mol. The van der Waals surface area contributed by atoms with Gasteiger partial charge in [-0.2, -0.15) is 0 Å². The van der Waals surface area contributed by atoms with Gasteiger partial charge in [-0.1, -0.05) is 24.3 Å². The van der Waals surface area contributed by atoms with Crippen LogP contribution in [0.1, 0.15) is 29.4 Å². The molecule has 3 rings (SSSR count). The van der Waals surface area contributed by atoms with E-state index in [4.69, 9.17) is 5.73 Å². The summed E-state index contributed by atoms with van der Waals surface area (Å²) in [6.07, 6.45) is 5.86. The van der Waals surface area contributed by atoms with Gasteiger partial charge in [0.15, 0.2) is 0 Å². The second-order valence-electron chi connectivity index (χ2n) is 3.68. The molecule has 0 spiro atoms. The van der Waals surface area contributed by atoms with Crippen molar-refractivity contribution in [1.29, 1.82) is 0 Å². The summed E-state index contributed by atoms with van der Waals surface area (Å²) >= 11 is 0. The van der Waals surface area contributed by atoms with Crippen LogP contribution in [-0.4, -0.2) is 0 Å². The zero-order chi connectivity index (χ0) is 8.13. The first-order valence-corrected chi connectivity index (χ1v) is 4.43. The van der Waals surface area contributed by atoms with Crippen LogP contribution in [0.4, 0.5) is 5.69 Å². The molecule has 1 aromatic rings. The summed E-state index contributed by atoms with van der Waals surface area (Å²) in [5, 5.41) is 0. The third-order valence-corrected chi connectivity index (χ3v) is 3.03. The van der Waals surface area contributed by atoms with Gasteiger partial charge >= 0.3 is 0 Å². The van der Waals surface area contributed by atoms with Crippen molar-refractivity contribution in [3.05, 3.63) is 41.5 Å². The van der Waals surface area contributed by atoms with Gasteiger partial charge in [-0.25, -0.2) is 0 Å². The molecule has 0 saturated carbocycles. The number of hydrogen-bond acceptors (Lipinski definition) is 1.